The molecule has 5 rings (SSSR count). The van der Waals surface area contributed by atoms with E-state index in [1.807, 2.05) is 67.6 Å². The third kappa shape index (κ3) is 5.40. The molecule has 0 fully saturated rings. The quantitative estimate of drug-likeness (QED) is 0.309. The predicted molar refractivity (Wildman–Crippen MR) is 152 cm³/mol. The summed E-state index contributed by atoms with van der Waals surface area (Å²) in [6.07, 6.45) is 1.52. The van der Waals surface area contributed by atoms with Crippen molar-refractivity contribution in [2.24, 2.45) is 0 Å². The Labute approximate surface area is 237 Å². The lowest BCUT2D eigenvalue weighted by atomic mass is 9.71. The Balaban J connectivity index is 1.49. The van der Waals surface area contributed by atoms with Crippen LogP contribution in [-0.2, 0) is 20.7 Å². The summed E-state index contributed by atoms with van der Waals surface area (Å²) in [5.41, 5.74) is 5.07. The largest absolute Gasteiger partial charge is 0.462 e. The Kier molecular flexibility index (Phi) is 7.94. The van der Waals surface area contributed by atoms with E-state index in [4.69, 9.17) is 39.5 Å². The molecule has 0 unspecified atom stereocenters. The Morgan fingerprint density at radius 1 is 0.947 bits per heavy atom. The summed E-state index contributed by atoms with van der Waals surface area (Å²) in [4.78, 5) is 27.3. The number of dihydropyridines is 1. The van der Waals surface area contributed by atoms with Crippen molar-refractivity contribution in [3.63, 3.8) is 0 Å². The van der Waals surface area contributed by atoms with Crippen LogP contribution >= 0.6 is 34.8 Å². The molecule has 7 heteroatoms. The van der Waals surface area contributed by atoms with E-state index in [9.17, 15) is 9.59 Å². The molecule has 0 aromatic heterocycles. The lowest BCUT2D eigenvalue weighted by Gasteiger charge is -2.37. The minimum Gasteiger partial charge on any atom is -0.462 e. The molecule has 2 atom stereocenters. The van der Waals surface area contributed by atoms with Crippen molar-refractivity contribution < 1.29 is 14.3 Å². The van der Waals surface area contributed by atoms with Crippen molar-refractivity contribution in [2.45, 2.75) is 38.0 Å². The van der Waals surface area contributed by atoms with Gasteiger partial charge in [-0.05, 0) is 54.2 Å². The highest BCUT2D eigenvalue weighted by Gasteiger charge is 2.42. The summed E-state index contributed by atoms with van der Waals surface area (Å²) in [6.45, 7) is 2.05. The van der Waals surface area contributed by atoms with E-state index in [0.29, 0.717) is 56.7 Å². The number of rotatable bonds is 6. The normalized spacial score (nSPS) is 19.2. The molecule has 0 spiro atoms. The summed E-state index contributed by atoms with van der Waals surface area (Å²) >= 11 is 19.1. The van der Waals surface area contributed by atoms with Crippen molar-refractivity contribution in [2.75, 3.05) is 6.61 Å². The van der Waals surface area contributed by atoms with Crippen LogP contribution in [0.3, 0.4) is 0 Å². The monoisotopic (exact) mass is 565 g/mol. The smallest absolute Gasteiger partial charge is 0.336 e. The highest BCUT2D eigenvalue weighted by Crippen LogP contribution is 2.48. The van der Waals surface area contributed by atoms with Gasteiger partial charge in [0, 0.05) is 40.7 Å². The third-order valence-electron chi connectivity index (χ3n) is 7.15. The van der Waals surface area contributed by atoms with E-state index < -0.39 is 11.9 Å². The number of carbonyl (C=O) groups is 2. The number of carbonyl (C=O) groups excluding carboxylic acids is 2. The number of esters is 1. The number of benzene rings is 3. The number of halogens is 3. The number of hydrogen-bond acceptors (Lipinski definition) is 4. The van der Waals surface area contributed by atoms with Gasteiger partial charge in [-0.2, -0.15) is 0 Å². The van der Waals surface area contributed by atoms with Gasteiger partial charge in [-0.1, -0.05) is 89.4 Å². The Morgan fingerprint density at radius 2 is 1.68 bits per heavy atom. The number of ketones is 1. The topological polar surface area (TPSA) is 55.4 Å². The molecule has 0 saturated carbocycles. The van der Waals surface area contributed by atoms with Gasteiger partial charge in [0.05, 0.1) is 22.2 Å². The zero-order valence-corrected chi connectivity index (χ0v) is 23.0. The van der Waals surface area contributed by atoms with Crippen LogP contribution in [0, 0.1) is 0 Å². The minimum absolute atomic E-state index is 0.00586. The van der Waals surface area contributed by atoms with Gasteiger partial charge in [0.15, 0.2) is 5.78 Å². The van der Waals surface area contributed by atoms with E-state index in [-0.39, 0.29) is 18.3 Å². The van der Waals surface area contributed by atoms with Gasteiger partial charge in [-0.25, -0.2) is 4.79 Å². The molecule has 1 N–H and O–H groups in total. The second-order valence-corrected chi connectivity index (χ2v) is 10.8. The van der Waals surface area contributed by atoms with Crippen LogP contribution in [0.1, 0.15) is 48.3 Å². The number of allylic oxidation sites excluding steroid dienone is 3. The fourth-order valence-corrected chi connectivity index (χ4v) is 5.86. The van der Waals surface area contributed by atoms with Crippen LogP contribution in [0.25, 0.3) is 0 Å². The SMILES string of the molecule is CC1=C(C(=O)OCCc2ccccc2)[C@@H](c2cccc(Cl)c2Cl)C2=C(C[C@@H](c3ccc(Cl)cc3)CC2=O)N1. The maximum absolute atomic E-state index is 13.8. The number of Topliss-reactive ketones (excluding diaryl/α,β-unsaturated/α-hetero) is 1. The molecule has 1 aliphatic carbocycles. The zero-order valence-electron chi connectivity index (χ0n) is 20.8. The first-order valence-electron chi connectivity index (χ1n) is 12.5. The van der Waals surface area contributed by atoms with Crippen LogP contribution in [0.15, 0.2) is 95.3 Å². The standard InChI is InChI=1S/C31H26Cl3NO3/c1-18-27(31(37)38-15-14-19-6-3-2-4-7-19)28(23-8-5-9-24(33)30(23)34)29-25(35-18)16-21(17-26(29)36)20-10-12-22(32)13-11-20/h2-13,21,28,35H,14-17H2,1H3/t21-,28-/m1/s1. The first-order valence-corrected chi connectivity index (χ1v) is 13.6. The van der Waals surface area contributed by atoms with Gasteiger partial charge in [0.1, 0.15) is 0 Å². The van der Waals surface area contributed by atoms with Gasteiger partial charge in [0.25, 0.3) is 0 Å². The zero-order chi connectivity index (χ0) is 26.8. The lowest BCUT2D eigenvalue weighted by molar-refractivity contribution is -0.139. The van der Waals surface area contributed by atoms with Crippen molar-refractivity contribution in [1.29, 1.82) is 0 Å². The van der Waals surface area contributed by atoms with Gasteiger partial charge < -0.3 is 10.1 Å². The van der Waals surface area contributed by atoms with Crippen LogP contribution in [0.5, 0.6) is 0 Å². The Morgan fingerprint density at radius 3 is 2.42 bits per heavy atom. The van der Waals surface area contributed by atoms with Crippen molar-refractivity contribution >= 4 is 46.6 Å². The highest BCUT2D eigenvalue weighted by atomic mass is 35.5. The maximum atomic E-state index is 13.8. The van der Waals surface area contributed by atoms with Crippen LogP contribution in [0.2, 0.25) is 15.1 Å². The second kappa shape index (κ2) is 11.4. The average Bonchev–Trinajstić information content (AvgIpc) is 2.90. The summed E-state index contributed by atoms with van der Waals surface area (Å²) in [6, 6.07) is 22.7. The summed E-state index contributed by atoms with van der Waals surface area (Å²) in [5, 5.41) is 4.70. The molecule has 0 radical (unpaired) electrons. The lowest BCUT2D eigenvalue weighted by Crippen LogP contribution is -2.36. The molecular formula is C31H26Cl3NO3. The Hall–Kier alpha value is -3.05. The van der Waals surface area contributed by atoms with E-state index in [2.05, 4.69) is 5.32 Å². The van der Waals surface area contributed by atoms with E-state index in [0.717, 1.165) is 16.8 Å². The third-order valence-corrected chi connectivity index (χ3v) is 8.23. The van der Waals surface area contributed by atoms with Crippen molar-refractivity contribution in [1.82, 2.24) is 5.32 Å². The van der Waals surface area contributed by atoms with Crippen molar-refractivity contribution in [3.8, 4) is 0 Å². The highest BCUT2D eigenvalue weighted by molar-refractivity contribution is 6.42. The molecule has 0 bridgehead atoms. The first-order chi connectivity index (χ1) is 18.3. The molecule has 4 nitrogen and oxygen atoms in total. The molecule has 194 valence electrons. The summed E-state index contributed by atoms with van der Waals surface area (Å²) in [7, 11) is 0. The molecule has 2 aliphatic rings. The molecule has 0 amide bonds. The average molecular weight is 567 g/mol. The summed E-state index contributed by atoms with van der Waals surface area (Å²) < 4.78 is 5.74. The van der Waals surface area contributed by atoms with E-state index in [1.54, 1.807) is 12.1 Å². The van der Waals surface area contributed by atoms with Crippen LogP contribution < -0.4 is 5.32 Å². The second-order valence-electron chi connectivity index (χ2n) is 9.58. The molecule has 3 aromatic rings. The van der Waals surface area contributed by atoms with Gasteiger partial charge in [-0.3, -0.25) is 4.79 Å². The molecule has 0 saturated heterocycles. The van der Waals surface area contributed by atoms with Gasteiger partial charge in [0.2, 0.25) is 0 Å². The number of nitrogens with one attached hydrogen (secondary N) is 1. The molecule has 3 aromatic carbocycles. The predicted octanol–water partition coefficient (Wildman–Crippen LogP) is 7.79. The van der Waals surface area contributed by atoms with Gasteiger partial charge >= 0.3 is 5.97 Å². The van der Waals surface area contributed by atoms with E-state index >= 15 is 0 Å². The molecule has 1 heterocycles. The minimum atomic E-state index is -0.680. The fourth-order valence-electron chi connectivity index (χ4n) is 5.32. The number of ether oxygens (including phenoxy) is 1. The summed E-state index contributed by atoms with van der Waals surface area (Å²) in [5.74, 6) is -1.21. The van der Waals surface area contributed by atoms with Crippen LogP contribution in [0.4, 0.5) is 0 Å². The molecular weight excluding hydrogens is 541 g/mol. The van der Waals surface area contributed by atoms with Crippen molar-refractivity contribution in [3.05, 3.63) is 127 Å². The Bertz CT molecular complexity index is 1440. The van der Waals surface area contributed by atoms with E-state index in [1.165, 1.54) is 0 Å². The maximum Gasteiger partial charge on any atom is 0.336 e. The number of hydrogen-bond donors (Lipinski definition) is 1. The fraction of sp³-hybridized carbons (Fsp3) is 0.226. The first kappa shape index (κ1) is 26.6. The van der Waals surface area contributed by atoms with Crippen LogP contribution in [-0.4, -0.2) is 18.4 Å². The molecule has 38 heavy (non-hydrogen) atoms. The van der Waals surface area contributed by atoms with Gasteiger partial charge in [-0.15, -0.1) is 0 Å². The molecule has 1 aliphatic heterocycles.